The topological polar surface area (TPSA) is 67.9 Å². The number of nitrogens with zero attached hydrogens (tertiary/aromatic N) is 1. The van der Waals surface area contributed by atoms with Crippen molar-refractivity contribution in [3.63, 3.8) is 0 Å². The SMILES string of the molecule is CCCc1ccccc1C[C@H](NC(=O)[C@@H](C)N1[C@@H](c2ccccc2)COC1(C)C)C(=O)OC. The lowest BCUT2D eigenvalue weighted by Crippen LogP contribution is -2.55. The van der Waals surface area contributed by atoms with E-state index in [-0.39, 0.29) is 11.9 Å². The molecule has 0 radical (unpaired) electrons. The average Bonchev–Trinajstić information content (AvgIpc) is 3.14. The number of hydrogen-bond acceptors (Lipinski definition) is 5. The van der Waals surface area contributed by atoms with Gasteiger partial charge in [-0.15, -0.1) is 0 Å². The number of aryl methyl sites for hydroxylation is 1. The molecular formula is C27H36N2O4. The Bertz CT molecular complexity index is 944. The second-order valence-electron chi connectivity index (χ2n) is 9.07. The summed E-state index contributed by atoms with van der Waals surface area (Å²) in [7, 11) is 1.35. The highest BCUT2D eigenvalue weighted by molar-refractivity contribution is 5.87. The van der Waals surface area contributed by atoms with Gasteiger partial charge in [-0.3, -0.25) is 9.69 Å². The van der Waals surface area contributed by atoms with E-state index in [1.165, 1.54) is 12.7 Å². The normalized spacial score (nSPS) is 19.6. The monoisotopic (exact) mass is 452 g/mol. The molecule has 1 fully saturated rings. The first kappa shape index (κ1) is 24.9. The number of carbonyl (C=O) groups excluding carboxylic acids is 2. The molecule has 33 heavy (non-hydrogen) atoms. The maximum absolute atomic E-state index is 13.4. The van der Waals surface area contributed by atoms with Crippen LogP contribution in [0.25, 0.3) is 0 Å². The zero-order valence-corrected chi connectivity index (χ0v) is 20.3. The van der Waals surface area contributed by atoms with Gasteiger partial charge in [-0.25, -0.2) is 4.79 Å². The van der Waals surface area contributed by atoms with Crippen LogP contribution in [-0.2, 0) is 31.9 Å². The molecule has 3 atom stereocenters. The minimum absolute atomic E-state index is 0.0520. The lowest BCUT2D eigenvalue weighted by molar-refractivity contribution is -0.147. The van der Waals surface area contributed by atoms with Crippen LogP contribution in [0.3, 0.4) is 0 Å². The van der Waals surface area contributed by atoms with Gasteiger partial charge in [0.15, 0.2) is 0 Å². The Morgan fingerprint density at radius 2 is 1.76 bits per heavy atom. The van der Waals surface area contributed by atoms with Crippen LogP contribution >= 0.6 is 0 Å². The van der Waals surface area contributed by atoms with Crippen molar-refractivity contribution < 1.29 is 19.1 Å². The summed E-state index contributed by atoms with van der Waals surface area (Å²) in [4.78, 5) is 28.1. The summed E-state index contributed by atoms with van der Waals surface area (Å²) in [6, 6.07) is 16.8. The molecule has 0 aromatic heterocycles. The summed E-state index contributed by atoms with van der Waals surface area (Å²) in [5.41, 5.74) is 2.72. The van der Waals surface area contributed by atoms with Gasteiger partial charge in [0.05, 0.1) is 25.8 Å². The van der Waals surface area contributed by atoms with Crippen LogP contribution in [0.5, 0.6) is 0 Å². The molecule has 3 rings (SSSR count). The lowest BCUT2D eigenvalue weighted by atomic mass is 9.97. The number of ether oxygens (including phenoxy) is 2. The van der Waals surface area contributed by atoms with Crippen LogP contribution in [0, 0.1) is 0 Å². The van der Waals surface area contributed by atoms with Gasteiger partial charge in [-0.1, -0.05) is 67.9 Å². The molecule has 2 aromatic carbocycles. The highest BCUT2D eigenvalue weighted by Crippen LogP contribution is 2.38. The van der Waals surface area contributed by atoms with Gasteiger partial charge in [-0.05, 0) is 43.9 Å². The van der Waals surface area contributed by atoms with E-state index >= 15 is 0 Å². The Morgan fingerprint density at radius 3 is 2.39 bits per heavy atom. The predicted molar refractivity (Wildman–Crippen MR) is 129 cm³/mol. The van der Waals surface area contributed by atoms with E-state index in [9.17, 15) is 9.59 Å². The standard InChI is InChI=1S/C27H36N2O4/c1-6-12-20-13-10-11-16-22(20)17-23(26(31)32-5)28-25(30)19(2)29-24(18-33-27(29,3)4)21-14-8-7-9-15-21/h7-11,13-16,19,23-24H,6,12,17-18H2,1-5H3,(H,28,30)/t19-,23+,24-/m1/s1. The number of carbonyl (C=O) groups is 2. The summed E-state index contributed by atoms with van der Waals surface area (Å²) >= 11 is 0. The second kappa shape index (κ2) is 10.9. The highest BCUT2D eigenvalue weighted by atomic mass is 16.5. The molecule has 0 spiro atoms. The van der Waals surface area contributed by atoms with Crippen LogP contribution in [0.1, 0.15) is 56.8 Å². The third-order valence-electron chi connectivity index (χ3n) is 6.40. The van der Waals surface area contributed by atoms with Crippen LogP contribution in [0.4, 0.5) is 0 Å². The summed E-state index contributed by atoms with van der Waals surface area (Å²) in [6.07, 6.45) is 2.32. The number of hydrogen-bond donors (Lipinski definition) is 1. The number of rotatable bonds is 9. The van der Waals surface area contributed by atoms with E-state index in [0.717, 1.165) is 24.0 Å². The fourth-order valence-corrected chi connectivity index (χ4v) is 4.73. The Kier molecular flexibility index (Phi) is 8.27. The van der Waals surface area contributed by atoms with E-state index in [1.807, 2.05) is 57.2 Å². The smallest absolute Gasteiger partial charge is 0.328 e. The molecule has 0 saturated carbocycles. The van der Waals surface area contributed by atoms with Crippen molar-refractivity contribution in [2.24, 2.45) is 0 Å². The largest absolute Gasteiger partial charge is 0.467 e. The van der Waals surface area contributed by atoms with Gasteiger partial charge < -0.3 is 14.8 Å². The number of methoxy groups -OCH3 is 1. The van der Waals surface area contributed by atoms with E-state index in [4.69, 9.17) is 9.47 Å². The number of esters is 1. The molecule has 178 valence electrons. The summed E-state index contributed by atoms with van der Waals surface area (Å²) in [5.74, 6) is -0.670. The molecule has 0 aliphatic carbocycles. The molecule has 1 heterocycles. The summed E-state index contributed by atoms with van der Waals surface area (Å²) < 4.78 is 11.1. The van der Waals surface area contributed by atoms with Gasteiger partial charge in [0.2, 0.25) is 5.91 Å². The average molecular weight is 453 g/mol. The van der Waals surface area contributed by atoms with Gasteiger partial charge >= 0.3 is 5.97 Å². The Labute approximate surface area is 197 Å². The fourth-order valence-electron chi connectivity index (χ4n) is 4.73. The molecule has 2 aromatic rings. The number of amides is 1. The molecule has 6 nitrogen and oxygen atoms in total. The molecule has 1 aliphatic heterocycles. The molecule has 1 aliphatic rings. The van der Waals surface area contributed by atoms with Crippen molar-refractivity contribution >= 4 is 11.9 Å². The van der Waals surface area contributed by atoms with Crippen molar-refractivity contribution in [3.8, 4) is 0 Å². The minimum Gasteiger partial charge on any atom is -0.467 e. The van der Waals surface area contributed by atoms with Crippen molar-refractivity contribution in [3.05, 3.63) is 71.3 Å². The van der Waals surface area contributed by atoms with Gasteiger partial charge in [0.1, 0.15) is 11.8 Å². The Balaban J connectivity index is 1.80. The minimum atomic E-state index is -0.759. The van der Waals surface area contributed by atoms with Crippen LogP contribution in [0.2, 0.25) is 0 Å². The maximum atomic E-state index is 13.4. The quantitative estimate of drug-likeness (QED) is 0.582. The van der Waals surface area contributed by atoms with Crippen LogP contribution in [0.15, 0.2) is 54.6 Å². The van der Waals surface area contributed by atoms with E-state index in [0.29, 0.717) is 13.0 Å². The number of benzene rings is 2. The first-order chi connectivity index (χ1) is 15.8. The maximum Gasteiger partial charge on any atom is 0.328 e. The van der Waals surface area contributed by atoms with Crippen molar-refractivity contribution in [2.45, 2.75) is 70.8 Å². The highest BCUT2D eigenvalue weighted by Gasteiger charge is 2.46. The second-order valence-corrected chi connectivity index (χ2v) is 9.07. The molecule has 1 N–H and O–H groups in total. The van der Waals surface area contributed by atoms with Gasteiger partial charge in [0, 0.05) is 6.42 Å². The molecule has 6 heteroatoms. The lowest BCUT2D eigenvalue weighted by Gasteiger charge is -2.38. The van der Waals surface area contributed by atoms with Crippen molar-refractivity contribution in [2.75, 3.05) is 13.7 Å². The molecule has 1 saturated heterocycles. The first-order valence-electron chi connectivity index (χ1n) is 11.7. The zero-order valence-electron chi connectivity index (χ0n) is 20.3. The Hall–Kier alpha value is -2.70. The fraction of sp³-hybridized carbons (Fsp3) is 0.481. The van der Waals surface area contributed by atoms with Crippen molar-refractivity contribution in [1.29, 1.82) is 0 Å². The van der Waals surface area contributed by atoms with Gasteiger partial charge in [-0.2, -0.15) is 0 Å². The summed E-state index contributed by atoms with van der Waals surface area (Å²) in [5, 5.41) is 2.96. The molecular weight excluding hydrogens is 416 g/mol. The number of nitrogens with one attached hydrogen (secondary N) is 1. The third-order valence-corrected chi connectivity index (χ3v) is 6.40. The Morgan fingerprint density at radius 1 is 1.12 bits per heavy atom. The molecule has 1 amide bonds. The van der Waals surface area contributed by atoms with Crippen LogP contribution < -0.4 is 5.32 Å². The van der Waals surface area contributed by atoms with Gasteiger partial charge in [0.25, 0.3) is 0 Å². The first-order valence-corrected chi connectivity index (χ1v) is 11.7. The molecule has 0 bridgehead atoms. The molecule has 0 unspecified atom stereocenters. The van der Waals surface area contributed by atoms with Crippen LogP contribution in [-0.4, -0.2) is 48.3 Å². The van der Waals surface area contributed by atoms with E-state index in [2.05, 4.69) is 35.3 Å². The zero-order chi connectivity index (χ0) is 24.0. The summed E-state index contributed by atoms with van der Waals surface area (Å²) in [6.45, 7) is 8.43. The van der Waals surface area contributed by atoms with E-state index in [1.54, 1.807) is 0 Å². The van der Waals surface area contributed by atoms with Crippen molar-refractivity contribution in [1.82, 2.24) is 10.2 Å². The van der Waals surface area contributed by atoms with E-state index < -0.39 is 23.8 Å². The predicted octanol–water partition coefficient (Wildman–Crippen LogP) is 4.04. The third kappa shape index (κ3) is 5.81.